The van der Waals surface area contributed by atoms with E-state index < -0.39 is 5.97 Å². The highest BCUT2D eigenvalue weighted by Gasteiger charge is 2.03. The summed E-state index contributed by atoms with van der Waals surface area (Å²) in [6.07, 6.45) is 3.11. The highest BCUT2D eigenvalue weighted by Crippen LogP contribution is 2.15. The molecular formula is C20H19N2O3S-. The second-order valence-electron chi connectivity index (χ2n) is 5.96. The zero-order valence-corrected chi connectivity index (χ0v) is 15.3. The van der Waals surface area contributed by atoms with Crippen molar-refractivity contribution in [2.45, 2.75) is 19.8 Å². The highest BCUT2D eigenvalue weighted by atomic mass is 32.1. The lowest BCUT2D eigenvalue weighted by atomic mass is 10.0. The molecule has 0 unspecified atom stereocenters. The Morgan fingerprint density at radius 1 is 1.04 bits per heavy atom. The highest BCUT2D eigenvalue weighted by molar-refractivity contribution is 7.80. The number of carboxylic acids is 1. The van der Waals surface area contributed by atoms with Crippen molar-refractivity contribution >= 4 is 41.0 Å². The van der Waals surface area contributed by atoms with Crippen molar-refractivity contribution in [3.05, 3.63) is 71.3 Å². The Labute approximate surface area is 157 Å². The molecule has 0 bridgehead atoms. The maximum absolute atomic E-state index is 11.9. The summed E-state index contributed by atoms with van der Waals surface area (Å²) in [5.41, 5.74) is 2.79. The molecule has 0 spiro atoms. The summed E-state index contributed by atoms with van der Waals surface area (Å²) in [7, 11) is 0. The molecular weight excluding hydrogens is 348 g/mol. The fourth-order valence-corrected chi connectivity index (χ4v) is 2.39. The lowest BCUT2D eigenvalue weighted by Crippen LogP contribution is -2.32. The number of carboxylic acid groups (broad SMARTS) is 1. The molecule has 1 amide bonds. The summed E-state index contributed by atoms with van der Waals surface area (Å²) in [5.74, 6) is -1.15. The minimum Gasteiger partial charge on any atom is -0.545 e. The van der Waals surface area contributed by atoms with Gasteiger partial charge in [0.15, 0.2) is 5.11 Å². The zero-order chi connectivity index (χ0) is 19.1. The summed E-state index contributed by atoms with van der Waals surface area (Å²) in [6, 6.07) is 13.8. The van der Waals surface area contributed by atoms with Crippen LogP contribution in [0, 0.1) is 0 Å². The van der Waals surface area contributed by atoms with Gasteiger partial charge in [-0.25, -0.2) is 0 Å². The topological polar surface area (TPSA) is 81.3 Å². The normalized spacial score (nSPS) is 10.7. The van der Waals surface area contributed by atoms with Crippen LogP contribution >= 0.6 is 12.2 Å². The van der Waals surface area contributed by atoms with E-state index in [2.05, 4.69) is 24.5 Å². The Morgan fingerprint density at radius 2 is 1.65 bits per heavy atom. The Balaban J connectivity index is 1.88. The lowest BCUT2D eigenvalue weighted by molar-refractivity contribution is -0.255. The molecule has 2 aromatic carbocycles. The summed E-state index contributed by atoms with van der Waals surface area (Å²) in [6.45, 7) is 4.25. The SMILES string of the molecule is CC(C)c1ccc(/C=C/C(=O)NC(=S)Nc2ccc(C(=O)[O-])cc2)cc1. The van der Waals surface area contributed by atoms with Gasteiger partial charge < -0.3 is 15.2 Å². The van der Waals surface area contributed by atoms with Crippen LogP contribution in [-0.2, 0) is 4.79 Å². The third-order valence-corrected chi connectivity index (χ3v) is 3.85. The van der Waals surface area contributed by atoms with Crippen LogP contribution in [0.25, 0.3) is 6.08 Å². The van der Waals surface area contributed by atoms with Crippen LogP contribution in [0.15, 0.2) is 54.6 Å². The number of aromatic carboxylic acids is 1. The van der Waals surface area contributed by atoms with Crippen LogP contribution in [0.4, 0.5) is 5.69 Å². The molecule has 134 valence electrons. The third-order valence-electron chi connectivity index (χ3n) is 3.65. The largest absolute Gasteiger partial charge is 0.545 e. The number of benzene rings is 2. The number of hydrogen-bond donors (Lipinski definition) is 2. The molecule has 0 aromatic heterocycles. The molecule has 2 N–H and O–H groups in total. The van der Waals surface area contributed by atoms with Crippen LogP contribution in [0.2, 0.25) is 0 Å². The quantitative estimate of drug-likeness (QED) is 0.627. The molecule has 0 aliphatic rings. The smallest absolute Gasteiger partial charge is 0.250 e. The van der Waals surface area contributed by atoms with E-state index in [1.165, 1.54) is 35.9 Å². The number of anilines is 1. The Kier molecular flexibility index (Phi) is 6.63. The fraction of sp³-hybridized carbons (Fsp3) is 0.150. The van der Waals surface area contributed by atoms with Gasteiger partial charge in [0.25, 0.3) is 0 Å². The second-order valence-corrected chi connectivity index (χ2v) is 6.37. The van der Waals surface area contributed by atoms with E-state index in [0.717, 1.165) is 5.56 Å². The van der Waals surface area contributed by atoms with Crippen LogP contribution in [0.5, 0.6) is 0 Å². The molecule has 2 aromatic rings. The first-order valence-electron chi connectivity index (χ1n) is 8.06. The predicted molar refractivity (Wildman–Crippen MR) is 105 cm³/mol. The maximum atomic E-state index is 11.9. The van der Waals surface area contributed by atoms with Gasteiger partial charge in [0.1, 0.15) is 0 Å². The van der Waals surface area contributed by atoms with Gasteiger partial charge in [0.05, 0.1) is 5.97 Å². The molecule has 26 heavy (non-hydrogen) atoms. The van der Waals surface area contributed by atoms with Gasteiger partial charge in [-0.15, -0.1) is 0 Å². The Bertz CT molecular complexity index is 825. The minimum atomic E-state index is -1.25. The van der Waals surface area contributed by atoms with E-state index in [1.54, 1.807) is 6.08 Å². The van der Waals surface area contributed by atoms with E-state index >= 15 is 0 Å². The van der Waals surface area contributed by atoms with Crippen molar-refractivity contribution in [2.75, 3.05) is 5.32 Å². The number of amides is 1. The minimum absolute atomic E-state index is 0.0666. The lowest BCUT2D eigenvalue weighted by Gasteiger charge is -2.09. The fourth-order valence-electron chi connectivity index (χ4n) is 2.17. The number of carbonyl (C=O) groups is 2. The van der Waals surface area contributed by atoms with E-state index in [4.69, 9.17) is 12.2 Å². The van der Waals surface area contributed by atoms with Crippen LogP contribution in [-0.4, -0.2) is 17.0 Å². The number of carbonyl (C=O) groups excluding carboxylic acids is 2. The van der Waals surface area contributed by atoms with Gasteiger partial charge in [0, 0.05) is 11.8 Å². The second kappa shape index (κ2) is 8.92. The van der Waals surface area contributed by atoms with Gasteiger partial charge in [0.2, 0.25) is 5.91 Å². The van der Waals surface area contributed by atoms with Gasteiger partial charge in [-0.3, -0.25) is 10.1 Å². The molecule has 0 radical (unpaired) electrons. The Hall–Kier alpha value is -2.99. The average Bonchev–Trinajstić information content (AvgIpc) is 2.60. The standard InChI is InChI=1S/C20H20N2O3S/c1-13(2)15-6-3-14(4-7-15)5-12-18(23)22-20(26)21-17-10-8-16(9-11-17)19(24)25/h3-13H,1-2H3,(H,24,25)(H2,21,22,23,26)/p-1/b12-5+. The van der Waals surface area contributed by atoms with Crippen LogP contribution in [0.1, 0.15) is 41.3 Å². The molecule has 6 heteroatoms. The van der Waals surface area contributed by atoms with E-state index in [9.17, 15) is 14.7 Å². The van der Waals surface area contributed by atoms with Crippen molar-refractivity contribution in [3.8, 4) is 0 Å². The van der Waals surface area contributed by atoms with Crippen LogP contribution in [0.3, 0.4) is 0 Å². The van der Waals surface area contributed by atoms with Gasteiger partial charge in [-0.1, -0.05) is 50.2 Å². The first-order valence-corrected chi connectivity index (χ1v) is 8.47. The summed E-state index contributed by atoms with van der Waals surface area (Å²) >= 11 is 5.07. The zero-order valence-electron chi connectivity index (χ0n) is 14.5. The summed E-state index contributed by atoms with van der Waals surface area (Å²) < 4.78 is 0. The molecule has 0 aliphatic heterocycles. The molecule has 5 nitrogen and oxygen atoms in total. The molecule has 0 heterocycles. The van der Waals surface area contributed by atoms with Crippen molar-refractivity contribution in [1.82, 2.24) is 5.32 Å². The maximum Gasteiger partial charge on any atom is 0.250 e. The van der Waals surface area contributed by atoms with Gasteiger partial charge in [-0.05, 0) is 53.0 Å². The first-order chi connectivity index (χ1) is 12.3. The van der Waals surface area contributed by atoms with E-state index in [0.29, 0.717) is 11.6 Å². The van der Waals surface area contributed by atoms with E-state index in [-0.39, 0.29) is 16.6 Å². The molecule has 0 aliphatic carbocycles. The van der Waals surface area contributed by atoms with Gasteiger partial charge >= 0.3 is 0 Å². The van der Waals surface area contributed by atoms with Gasteiger partial charge in [-0.2, -0.15) is 0 Å². The molecule has 0 saturated carbocycles. The molecule has 0 atom stereocenters. The predicted octanol–water partition coefficient (Wildman–Crippen LogP) is 2.70. The number of hydrogen-bond acceptors (Lipinski definition) is 4. The van der Waals surface area contributed by atoms with Crippen LogP contribution < -0.4 is 15.7 Å². The molecule has 2 rings (SSSR count). The molecule has 0 saturated heterocycles. The third kappa shape index (κ3) is 5.82. The first kappa shape index (κ1) is 19.3. The Morgan fingerprint density at radius 3 is 2.19 bits per heavy atom. The van der Waals surface area contributed by atoms with Crippen molar-refractivity contribution in [3.63, 3.8) is 0 Å². The van der Waals surface area contributed by atoms with Crippen molar-refractivity contribution in [2.24, 2.45) is 0 Å². The average molecular weight is 367 g/mol. The number of nitrogens with one attached hydrogen (secondary N) is 2. The molecule has 0 fully saturated rings. The van der Waals surface area contributed by atoms with E-state index in [1.807, 2.05) is 24.3 Å². The van der Waals surface area contributed by atoms with Crippen molar-refractivity contribution < 1.29 is 14.7 Å². The summed E-state index contributed by atoms with van der Waals surface area (Å²) in [4.78, 5) is 22.6. The number of rotatable bonds is 5. The van der Waals surface area contributed by atoms with Crippen molar-refractivity contribution in [1.29, 1.82) is 0 Å². The number of thiocarbonyl (C=S) groups is 1. The monoisotopic (exact) mass is 367 g/mol. The summed E-state index contributed by atoms with van der Waals surface area (Å²) in [5, 5.41) is 16.2.